The number of fused-ring (bicyclic) bond motifs is 5. The third kappa shape index (κ3) is 3.50. The molecule has 0 heterocycles. The molecule has 3 saturated carbocycles. The fourth-order valence-electron chi connectivity index (χ4n) is 7.97. The Labute approximate surface area is 200 Å². The molecule has 1 N–H and O–H groups in total. The Morgan fingerprint density at radius 2 is 1.94 bits per heavy atom. The summed E-state index contributed by atoms with van der Waals surface area (Å²) in [4.78, 5) is 49.6. The zero-order valence-corrected chi connectivity index (χ0v) is 20.8. The summed E-state index contributed by atoms with van der Waals surface area (Å²) in [5.74, 6) is -1.29. The van der Waals surface area contributed by atoms with Crippen LogP contribution in [0.5, 0.6) is 0 Å². The van der Waals surface area contributed by atoms with Crippen molar-refractivity contribution in [3.63, 3.8) is 0 Å². The third-order valence-corrected chi connectivity index (χ3v) is 9.37. The van der Waals surface area contributed by atoms with E-state index in [1.54, 1.807) is 19.1 Å². The average molecular weight is 473 g/mol. The van der Waals surface area contributed by atoms with Gasteiger partial charge in [-0.3, -0.25) is 19.2 Å². The second-order valence-electron chi connectivity index (χ2n) is 11.1. The zero-order chi connectivity index (χ0) is 25.1. The highest BCUT2D eigenvalue weighted by Crippen LogP contribution is 2.68. The maximum Gasteiger partial charge on any atom is 0.306 e. The van der Waals surface area contributed by atoms with Gasteiger partial charge >= 0.3 is 11.9 Å². The van der Waals surface area contributed by atoms with Gasteiger partial charge in [-0.25, -0.2) is 0 Å². The molecule has 1 unspecified atom stereocenters. The van der Waals surface area contributed by atoms with Crippen molar-refractivity contribution in [2.75, 3.05) is 6.61 Å². The number of carbonyl (C=O) groups excluding carboxylic acids is 4. The molecule has 4 aliphatic carbocycles. The summed E-state index contributed by atoms with van der Waals surface area (Å²) in [6.07, 6.45) is 6.77. The van der Waals surface area contributed by atoms with Gasteiger partial charge in [-0.2, -0.15) is 0 Å². The van der Waals surface area contributed by atoms with Gasteiger partial charge in [0.05, 0.1) is 6.10 Å². The molecule has 0 radical (unpaired) electrons. The molecular weight excluding hydrogens is 436 g/mol. The van der Waals surface area contributed by atoms with Crippen molar-refractivity contribution in [2.24, 2.45) is 34.5 Å². The number of allylic oxidation sites excluding steroid dienone is 4. The van der Waals surface area contributed by atoms with Gasteiger partial charge < -0.3 is 14.6 Å². The van der Waals surface area contributed by atoms with E-state index in [2.05, 4.69) is 13.8 Å². The van der Waals surface area contributed by atoms with Gasteiger partial charge in [0, 0.05) is 30.1 Å². The molecule has 0 aliphatic heterocycles. The first-order valence-electron chi connectivity index (χ1n) is 12.4. The highest BCUT2D eigenvalue weighted by atomic mass is 16.6. The molecule has 4 aliphatic rings. The van der Waals surface area contributed by atoms with Crippen molar-refractivity contribution in [1.29, 1.82) is 0 Å². The third-order valence-electron chi connectivity index (χ3n) is 9.37. The summed E-state index contributed by atoms with van der Waals surface area (Å²) in [5.41, 5.74) is -1.60. The molecule has 0 amide bonds. The zero-order valence-electron chi connectivity index (χ0n) is 20.8. The number of carbonyl (C=O) groups is 4. The number of aliphatic hydroxyl groups excluding tert-OH is 1. The van der Waals surface area contributed by atoms with E-state index >= 15 is 0 Å². The van der Waals surface area contributed by atoms with Crippen LogP contribution < -0.4 is 0 Å². The molecule has 0 saturated heterocycles. The van der Waals surface area contributed by atoms with Gasteiger partial charge in [0.2, 0.25) is 5.78 Å². The fraction of sp³-hybridized carbons (Fsp3) is 0.704. The molecular formula is C27H36O7. The second-order valence-corrected chi connectivity index (χ2v) is 11.1. The molecule has 186 valence electrons. The molecule has 8 atom stereocenters. The largest absolute Gasteiger partial charge is 0.458 e. The van der Waals surface area contributed by atoms with Crippen LogP contribution in [0.1, 0.15) is 66.7 Å². The Morgan fingerprint density at radius 3 is 2.59 bits per heavy atom. The Kier molecular flexibility index (Phi) is 6.16. The van der Waals surface area contributed by atoms with Crippen LogP contribution in [0, 0.1) is 34.5 Å². The Hall–Kier alpha value is -2.28. The van der Waals surface area contributed by atoms with Gasteiger partial charge in [0.15, 0.2) is 18.0 Å². The number of hydrogen-bond acceptors (Lipinski definition) is 7. The molecule has 7 nitrogen and oxygen atoms in total. The summed E-state index contributed by atoms with van der Waals surface area (Å²) >= 11 is 0. The van der Waals surface area contributed by atoms with Crippen molar-refractivity contribution >= 4 is 23.5 Å². The van der Waals surface area contributed by atoms with Crippen LogP contribution in [-0.4, -0.2) is 46.9 Å². The van der Waals surface area contributed by atoms with Crippen molar-refractivity contribution in [1.82, 2.24) is 0 Å². The molecule has 7 heteroatoms. The summed E-state index contributed by atoms with van der Waals surface area (Å²) < 4.78 is 11.0. The molecule has 0 aromatic carbocycles. The Balaban J connectivity index is 1.76. The Bertz CT molecular complexity index is 979. The maximum absolute atomic E-state index is 13.5. The maximum atomic E-state index is 13.5. The minimum Gasteiger partial charge on any atom is -0.458 e. The number of hydrogen-bond donors (Lipinski definition) is 1. The van der Waals surface area contributed by atoms with Gasteiger partial charge in [-0.05, 0) is 55.6 Å². The first-order chi connectivity index (χ1) is 15.9. The number of aliphatic hydroxyl groups is 1. The highest BCUT2D eigenvalue weighted by Gasteiger charge is 2.70. The van der Waals surface area contributed by atoms with Crippen LogP contribution in [0.15, 0.2) is 23.8 Å². The first-order valence-corrected chi connectivity index (χ1v) is 12.4. The number of ketones is 2. The van der Waals surface area contributed by atoms with Crippen molar-refractivity contribution in [3.8, 4) is 0 Å². The van der Waals surface area contributed by atoms with E-state index < -0.39 is 46.9 Å². The lowest BCUT2D eigenvalue weighted by Gasteiger charge is -2.61. The number of Topliss-reactive ketones (excluding diaryl/α,β-unsaturated/α-hetero) is 1. The highest BCUT2D eigenvalue weighted by molar-refractivity contribution is 6.01. The van der Waals surface area contributed by atoms with Gasteiger partial charge in [0.25, 0.3) is 0 Å². The Morgan fingerprint density at radius 1 is 1.24 bits per heavy atom. The molecule has 0 aromatic rings. The predicted molar refractivity (Wildman–Crippen MR) is 123 cm³/mol. The van der Waals surface area contributed by atoms with Crippen LogP contribution >= 0.6 is 0 Å². The van der Waals surface area contributed by atoms with E-state index in [0.717, 1.165) is 12.0 Å². The summed E-state index contributed by atoms with van der Waals surface area (Å²) in [6, 6.07) is 0. The van der Waals surface area contributed by atoms with E-state index in [0.29, 0.717) is 19.3 Å². The van der Waals surface area contributed by atoms with Gasteiger partial charge in [-0.15, -0.1) is 0 Å². The SMILES string of the molecule is CCC(=O)O[C@]1(C(=O)COC(C)=O)CC[C@H]2[C@@H]3C[C@H](C)C4=CC(=O)C=C[C@]4(C)C3[C@@H](O)C[C@@]21C. The number of esters is 2. The standard InChI is InChI=1S/C27H36O7/c1-6-23(32)34-27(22(31)14-33-16(3)28)10-8-19-18-11-15(2)20-12-17(29)7-9-25(20,4)24(18)21(30)13-26(19,27)5/h7,9,12,15,18-19,21,24,30H,6,8,10-11,13-14H2,1-5H3/t15-,18-,19-,21-,24?,25-,26-,27-/m0/s1. The van der Waals surface area contributed by atoms with Crippen LogP contribution in [0.25, 0.3) is 0 Å². The average Bonchev–Trinajstić information content (AvgIpc) is 3.05. The van der Waals surface area contributed by atoms with E-state index in [1.165, 1.54) is 6.92 Å². The summed E-state index contributed by atoms with van der Waals surface area (Å²) in [7, 11) is 0. The molecule has 0 aromatic heterocycles. The van der Waals surface area contributed by atoms with Crippen LogP contribution in [0.2, 0.25) is 0 Å². The normalized spacial score (nSPS) is 42.7. The van der Waals surface area contributed by atoms with Crippen molar-refractivity contribution < 1.29 is 33.8 Å². The molecule has 3 fully saturated rings. The summed E-state index contributed by atoms with van der Waals surface area (Å²) in [6.45, 7) is 8.65. The minimum atomic E-state index is -1.44. The molecule has 0 spiro atoms. The monoisotopic (exact) mass is 472 g/mol. The van der Waals surface area contributed by atoms with Gasteiger partial charge in [-0.1, -0.05) is 39.3 Å². The van der Waals surface area contributed by atoms with Crippen molar-refractivity contribution in [3.05, 3.63) is 23.8 Å². The lowest BCUT2D eigenvalue weighted by Crippen LogP contribution is -2.63. The predicted octanol–water partition coefficient (Wildman–Crippen LogP) is 3.34. The molecule has 4 rings (SSSR count). The fourth-order valence-corrected chi connectivity index (χ4v) is 7.97. The second kappa shape index (κ2) is 8.43. The smallest absolute Gasteiger partial charge is 0.306 e. The van der Waals surface area contributed by atoms with E-state index in [1.807, 2.05) is 13.0 Å². The van der Waals surface area contributed by atoms with E-state index in [4.69, 9.17) is 9.47 Å². The lowest BCUT2D eigenvalue weighted by atomic mass is 9.44. The quantitative estimate of drug-likeness (QED) is 0.612. The van der Waals surface area contributed by atoms with Crippen LogP contribution in [-0.2, 0) is 28.7 Å². The van der Waals surface area contributed by atoms with Crippen molar-refractivity contribution in [2.45, 2.75) is 78.4 Å². The van der Waals surface area contributed by atoms with E-state index in [9.17, 15) is 24.3 Å². The summed E-state index contributed by atoms with van der Waals surface area (Å²) in [5, 5.41) is 11.6. The lowest BCUT2D eigenvalue weighted by molar-refractivity contribution is -0.201. The van der Waals surface area contributed by atoms with Gasteiger partial charge in [0.1, 0.15) is 0 Å². The van der Waals surface area contributed by atoms with E-state index in [-0.39, 0.29) is 35.9 Å². The molecule has 0 bridgehead atoms. The van der Waals surface area contributed by atoms with Crippen LogP contribution in [0.4, 0.5) is 0 Å². The minimum absolute atomic E-state index is 0.0182. The number of ether oxygens (including phenoxy) is 2. The topological polar surface area (TPSA) is 107 Å². The molecule has 34 heavy (non-hydrogen) atoms. The van der Waals surface area contributed by atoms with Crippen LogP contribution in [0.3, 0.4) is 0 Å². The number of rotatable bonds is 5. The first kappa shape index (κ1) is 24.8.